The first-order valence-electron chi connectivity index (χ1n) is 9.68. The molecule has 1 fully saturated rings. The molecule has 0 aliphatic heterocycles. The Morgan fingerprint density at radius 1 is 1.04 bits per heavy atom. The van der Waals surface area contributed by atoms with Crippen LogP contribution in [-0.4, -0.2) is 35.8 Å². The van der Waals surface area contributed by atoms with Crippen molar-refractivity contribution in [1.29, 1.82) is 0 Å². The fourth-order valence-corrected chi connectivity index (χ4v) is 3.16. The number of hydrogen-bond acceptors (Lipinski definition) is 3. The van der Waals surface area contributed by atoms with Gasteiger partial charge in [-0.1, -0.05) is 43.3 Å². The number of anilines is 1. The Balaban J connectivity index is 1.49. The average Bonchev–Trinajstić information content (AvgIpc) is 3.53. The van der Waals surface area contributed by atoms with Gasteiger partial charge in [-0.3, -0.25) is 14.5 Å². The highest BCUT2D eigenvalue weighted by molar-refractivity contribution is 5.95. The molecule has 0 radical (unpaired) electrons. The van der Waals surface area contributed by atoms with Crippen molar-refractivity contribution in [3.8, 4) is 0 Å². The standard InChI is InChI=1S/C22H26FN3O2/c1-2-16-7-4-6-10-20(16)25-21(27)13-24-22(28)15-26(18-11-12-18)14-17-8-3-5-9-19(17)23/h3-10,18H,2,11-15H2,1H3,(H,24,28)(H,25,27). The minimum atomic E-state index is -0.263. The zero-order valence-electron chi connectivity index (χ0n) is 16.1. The first-order chi connectivity index (χ1) is 13.6. The van der Waals surface area contributed by atoms with Gasteiger partial charge in [0, 0.05) is 23.8 Å². The summed E-state index contributed by atoms with van der Waals surface area (Å²) in [5.74, 6) is -0.758. The number of aryl methyl sites for hydroxylation is 1. The molecule has 2 amide bonds. The molecule has 2 aromatic rings. The number of nitrogens with zero attached hydrogens (tertiary/aromatic N) is 1. The second-order valence-corrected chi connectivity index (χ2v) is 7.06. The van der Waals surface area contributed by atoms with Gasteiger partial charge in [-0.2, -0.15) is 0 Å². The molecule has 1 aliphatic carbocycles. The Bertz CT molecular complexity index is 836. The summed E-state index contributed by atoms with van der Waals surface area (Å²) in [6.07, 6.45) is 2.83. The Labute approximate surface area is 164 Å². The minimum absolute atomic E-state index is 0.0882. The van der Waals surface area contributed by atoms with Gasteiger partial charge in [0.05, 0.1) is 13.1 Å². The summed E-state index contributed by atoms with van der Waals surface area (Å²) in [5.41, 5.74) is 2.39. The molecule has 0 atom stereocenters. The van der Waals surface area contributed by atoms with Crippen LogP contribution in [0.4, 0.5) is 10.1 Å². The lowest BCUT2D eigenvalue weighted by Gasteiger charge is -2.21. The fraction of sp³-hybridized carbons (Fsp3) is 0.364. The van der Waals surface area contributed by atoms with E-state index in [1.807, 2.05) is 36.1 Å². The second kappa shape index (κ2) is 9.46. The van der Waals surface area contributed by atoms with Gasteiger partial charge in [-0.15, -0.1) is 0 Å². The summed E-state index contributed by atoms with van der Waals surface area (Å²) < 4.78 is 13.9. The Morgan fingerprint density at radius 2 is 1.71 bits per heavy atom. The molecule has 0 aromatic heterocycles. The van der Waals surface area contributed by atoms with Gasteiger partial charge in [-0.05, 0) is 37.0 Å². The van der Waals surface area contributed by atoms with E-state index >= 15 is 0 Å². The van der Waals surface area contributed by atoms with Crippen LogP contribution in [0.2, 0.25) is 0 Å². The highest BCUT2D eigenvalue weighted by Gasteiger charge is 2.30. The maximum absolute atomic E-state index is 13.9. The smallest absolute Gasteiger partial charge is 0.243 e. The van der Waals surface area contributed by atoms with Crippen LogP contribution in [-0.2, 0) is 22.6 Å². The second-order valence-electron chi connectivity index (χ2n) is 7.06. The van der Waals surface area contributed by atoms with Gasteiger partial charge in [0.15, 0.2) is 0 Å². The van der Waals surface area contributed by atoms with Gasteiger partial charge < -0.3 is 10.6 Å². The molecule has 0 bridgehead atoms. The summed E-state index contributed by atoms with van der Waals surface area (Å²) in [7, 11) is 0. The van der Waals surface area contributed by atoms with E-state index in [-0.39, 0.29) is 30.7 Å². The number of carbonyl (C=O) groups is 2. The van der Waals surface area contributed by atoms with E-state index in [4.69, 9.17) is 0 Å². The molecule has 28 heavy (non-hydrogen) atoms. The summed E-state index contributed by atoms with van der Waals surface area (Å²) >= 11 is 0. The number of nitrogens with one attached hydrogen (secondary N) is 2. The number of benzene rings is 2. The molecule has 0 unspecified atom stereocenters. The van der Waals surface area contributed by atoms with E-state index in [1.165, 1.54) is 6.07 Å². The van der Waals surface area contributed by atoms with Gasteiger partial charge in [0.25, 0.3) is 0 Å². The fourth-order valence-electron chi connectivity index (χ4n) is 3.16. The SMILES string of the molecule is CCc1ccccc1NC(=O)CNC(=O)CN(Cc1ccccc1F)C1CC1. The Hall–Kier alpha value is -2.73. The molecule has 2 N–H and O–H groups in total. The van der Waals surface area contributed by atoms with Crippen molar-refractivity contribution in [2.45, 2.75) is 38.8 Å². The molecule has 0 spiro atoms. The molecule has 1 saturated carbocycles. The number of carbonyl (C=O) groups excluding carboxylic acids is 2. The van der Waals surface area contributed by atoms with Gasteiger partial charge >= 0.3 is 0 Å². The number of halogens is 1. The summed E-state index contributed by atoms with van der Waals surface area (Å²) in [6, 6.07) is 14.5. The zero-order valence-corrected chi connectivity index (χ0v) is 16.1. The molecular weight excluding hydrogens is 357 g/mol. The van der Waals surface area contributed by atoms with Crippen LogP contribution in [0.1, 0.15) is 30.9 Å². The van der Waals surface area contributed by atoms with E-state index in [0.717, 1.165) is 30.5 Å². The van der Waals surface area contributed by atoms with E-state index in [2.05, 4.69) is 10.6 Å². The topological polar surface area (TPSA) is 61.4 Å². The molecule has 5 nitrogen and oxygen atoms in total. The van der Waals surface area contributed by atoms with Crippen LogP contribution in [0.15, 0.2) is 48.5 Å². The van der Waals surface area contributed by atoms with Crippen LogP contribution >= 0.6 is 0 Å². The molecule has 0 heterocycles. The van der Waals surface area contributed by atoms with Gasteiger partial charge in [-0.25, -0.2) is 4.39 Å². The first-order valence-corrected chi connectivity index (χ1v) is 9.68. The predicted octanol–water partition coefficient (Wildman–Crippen LogP) is 3.11. The molecular formula is C22H26FN3O2. The third kappa shape index (κ3) is 5.63. The number of hydrogen-bond donors (Lipinski definition) is 2. The van der Waals surface area contributed by atoms with E-state index < -0.39 is 0 Å². The third-order valence-electron chi connectivity index (χ3n) is 4.86. The molecule has 6 heteroatoms. The number of para-hydroxylation sites is 1. The van der Waals surface area contributed by atoms with Crippen LogP contribution in [0.3, 0.4) is 0 Å². The normalized spacial score (nSPS) is 13.4. The maximum Gasteiger partial charge on any atom is 0.243 e. The van der Waals surface area contributed by atoms with Gasteiger partial charge in [0.1, 0.15) is 5.82 Å². The van der Waals surface area contributed by atoms with E-state index in [1.54, 1.807) is 18.2 Å². The Morgan fingerprint density at radius 3 is 2.39 bits per heavy atom. The lowest BCUT2D eigenvalue weighted by Crippen LogP contribution is -2.41. The molecule has 3 rings (SSSR count). The lowest BCUT2D eigenvalue weighted by molar-refractivity contribution is -0.125. The number of amides is 2. The first kappa shape index (κ1) is 20.0. The van der Waals surface area contributed by atoms with Crippen molar-refractivity contribution in [2.75, 3.05) is 18.4 Å². The van der Waals surface area contributed by atoms with Crippen molar-refractivity contribution >= 4 is 17.5 Å². The van der Waals surface area contributed by atoms with Crippen molar-refractivity contribution in [2.24, 2.45) is 0 Å². The van der Waals surface area contributed by atoms with Crippen LogP contribution < -0.4 is 10.6 Å². The third-order valence-corrected chi connectivity index (χ3v) is 4.86. The van der Waals surface area contributed by atoms with Crippen molar-refractivity contribution < 1.29 is 14.0 Å². The van der Waals surface area contributed by atoms with Gasteiger partial charge in [0.2, 0.25) is 11.8 Å². The van der Waals surface area contributed by atoms with Crippen molar-refractivity contribution in [1.82, 2.24) is 10.2 Å². The molecule has 148 valence electrons. The predicted molar refractivity (Wildman–Crippen MR) is 107 cm³/mol. The number of rotatable bonds is 9. The van der Waals surface area contributed by atoms with E-state index in [9.17, 15) is 14.0 Å². The molecule has 2 aromatic carbocycles. The zero-order chi connectivity index (χ0) is 19.9. The van der Waals surface area contributed by atoms with E-state index in [0.29, 0.717) is 18.2 Å². The summed E-state index contributed by atoms with van der Waals surface area (Å²) in [5, 5.41) is 5.50. The van der Waals surface area contributed by atoms with Crippen molar-refractivity contribution in [3.63, 3.8) is 0 Å². The highest BCUT2D eigenvalue weighted by Crippen LogP contribution is 2.28. The summed E-state index contributed by atoms with van der Waals surface area (Å²) in [4.78, 5) is 26.4. The van der Waals surface area contributed by atoms with Crippen molar-refractivity contribution in [3.05, 3.63) is 65.5 Å². The average molecular weight is 383 g/mol. The maximum atomic E-state index is 13.9. The van der Waals surface area contributed by atoms with Crippen LogP contribution in [0.5, 0.6) is 0 Å². The monoisotopic (exact) mass is 383 g/mol. The Kier molecular flexibility index (Phi) is 6.76. The quantitative estimate of drug-likeness (QED) is 0.699. The lowest BCUT2D eigenvalue weighted by atomic mass is 10.1. The molecule has 0 saturated heterocycles. The molecule has 1 aliphatic rings. The highest BCUT2D eigenvalue weighted by atomic mass is 19.1. The van der Waals surface area contributed by atoms with Crippen LogP contribution in [0.25, 0.3) is 0 Å². The summed E-state index contributed by atoms with van der Waals surface area (Å²) in [6.45, 7) is 2.47. The van der Waals surface area contributed by atoms with Crippen LogP contribution in [0, 0.1) is 5.82 Å². The largest absolute Gasteiger partial charge is 0.346 e. The minimum Gasteiger partial charge on any atom is -0.346 e.